The van der Waals surface area contributed by atoms with Gasteiger partial charge in [0.2, 0.25) is 0 Å². The zero-order valence-electron chi connectivity index (χ0n) is 12.0. The molecule has 0 saturated carbocycles. The number of carbonyl (C=O) groups excluding carboxylic acids is 1. The second-order valence-electron chi connectivity index (χ2n) is 5.01. The predicted octanol–water partition coefficient (Wildman–Crippen LogP) is 3.34. The highest BCUT2D eigenvalue weighted by atomic mass is 16.5. The molecule has 106 valence electrons. The molecule has 1 N–H and O–H groups in total. The minimum Gasteiger partial charge on any atom is -0.452 e. The Morgan fingerprint density at radius 1 is 1.14 bits per heavy atom. The molecule has 0 aliphatic heterocycles. The van der Waals surface area contributed by atoms with Crippen LogP contribution < -0.4 is 5.43 Å². The van der Waals surface area contributed by atoms with E-state index >= 15 is 0 Å². The quantitative estimate of drug-likeness (QED) is 0.578. The predicted molar refractivity (Wildman–Crippen MR) is 82.4 cm³/mol. The third-order valence-electron chi connectivity index (χ3n) is 3.71. The number of nitrogens with zero attached hydrogens (tertiary/aromatic N) is 1. The van der Waals surface area contributed by atoms with Gasteiger partial charge in [0.05, 0.1) is 12.8 Å². The van der Waals surface area contributed by atoms with Crippen LogP contribution in [0.1, 0.15) is 23.6 Å². The van der Waals surface area contributed by atoms with E-state index in [2.05, 4.69) is 51.7 Å². The first-order chi connectivity index (χ1) is 10.2. The fraction of sp³-hybridized carbons (Fsp3) is 0.176. The summed E-state index contributed by atoms with van der Waals surface area (Å²) in [5, 5.41) is 4.03. The van der Waals surface area contributed by atoms with Crippen molar-refractivity contribution in [2.75, 3.05) is 7.11 Å². The molecule has 1 aliphatic rings. The van der Waals surface area contributed by atoms with Crippen molar-refractivity contribution in [3.8, 4) is 11.1 Å². The fourth-order valence-electron chi connectivity index (χ4n) is 2.61. The molecule has 2 aromatic rings. The first-order valence-corrected chi connectivity index (χ1v) is 6.79. The first kappa shape index (κ1) is 13.4. The second kappa shape index (κ2) is 5.40. The number of fused-ring (bicyclic) bond motifs is 3. The minimum atomic E-state index is -0.567. The number of ether oxygens (including phenoxy) is 1. The average Bonchev–Trinajstić information content (AvgIpc) is 2.89. The Labute approximate surface area is 123 Å². The van der Waals surface area contributed by atoms with E-state index in [0.29, 0.717) is 0 Å². The Kier molecular flexibility index (Phi) is 3.44. The standard InChI is InChI=1S/C17H16N2O2/c1-11(18-19-17(20)21-2)12-7-8-16-14(9-12)10-13-5-3-4-6-15(13)16/h3-9H,10H2,1-2H3,(H,19,20)/b18-11-. The average molecular weight is 280 g/mol. The lowest BCUT2D eigenvalue weighted by molar-refractivity contribution is 0.171. The number of rotatable bonds is 2. The molecule has 0 atom stereocenters. The van der Waals surface area contributed by atoms with Crippen LogP contribution in [0.25, 0.3) is 11.1 Å². The number of carbonyl (C=O) groups is 1. The summed E-state index contributed by atoms with van der Waals surface area (Å²) >= 11 is 0. The maximum absolute atomic E-state index is 11.0. The molecule has 4 nitrogen and oxygen atoms in total. The van der Waals surface area contributed by atoms with Gasteiger partial charge in [0.1, 0.15) is 0 Å². The molecule has 1 amide bonds. The third-order valence-corrected chi connectivity index (χ3v) is 3.71. The summed E-state index contributed by atoms with van der Waals surface area (Å²) in [7, 11) is 1.31. The molecule has 0 saturated heterocycles. The monoisotopic (exact) mass is 280 g/mol. The second-order valence-corrected chi connectivity index (χ2v) is 5.01. The topological polar surface area (TPSA) is 50.7 Å². The van der Waals surface area contributed by atoms with Crippen molar-refractivity contribution >= 4 is 11.8 Å². The fourth-order valence-corrected chi connectivity index (χ4v) is 2.61. The van der Waals surface area contributed by atoms with Gasteiger partial charge in [-0.2, -0.15) is 5.10 Å². The van der Waals surface area contributed by atoms with E-state index in [9.17, 15) is 4.79 Å². The van der Waals surface area contributed by atoms with Gasteiger partial charge in [-0.15, -0.1) is 0 Å². The van der Waals surface area contributed by atoms with Crippen molar-refractivity contribution < 1.29 is 9.53 Å². The molecule has 0 unspecified atom stereocenters. The summed E-state index contributed by atoms with van der Waals surface area (Å²) in [6, 6.07) is 14.7. The number of methoxy groups -OCH3 is 1. The molecule has 21 heavy (non-hydrogen) atoms. The number of hydrogen-bond acceptors (Lipinski definition) is 3. The van der Waals surface area contributed by atoms with Crippen molar-refractivity contribution in [3.63, 3.8) is 0 Å². The molecule has 0 fully saturated rings. The van der Waals surface area contributed by atoms with Crippen molar-refractivity contribution in [2.24, 2.45) is 5.10 Å². The molecule has 0 radical (unpaired) electrons. The summed E-state index contributed by atoms with van der Waals surface area (Å²) in [5.74, 6) is 0. The maximum Gasteiger partial charge on any atom is 0.427 e. The minimum absolute atomic E-state index is 0.567. The van der Waals surface area contributed by atoms with Gasteiger partial charge in [-0.3, -0.25) is 0 Å². The van der Waals surface area contributed by atoms with E-state index in [1.165, 1.54) is 29.4 Å². The maximum atomic E-state index is 11.0. The van der Waals surface area contributed by atoms with Gasteiger partial charge in [-0.1, -0.05) is 36.4 Å². The number of nitrogens with one attached hydrogen (secondary N) is 1. The van der Waals surface area contributed by atoms with Crippen LogP contribution in [0.15, 0.2) is 47.6 Å². The number of hydrazone groups is 1. The largest absolute Gasteiger partial charge is 0.452 e. The molecule has 3 rings (SSSR count). The zero-order chi connectivity index (χ0) is 14.8. The van der Waals surface area contributed by atoms with Crippen LogP contribution >= 0.6 is 0 Å². The Morgan fingerprint density at radius 3 is 2.71 bits per heavy atom. The van der Waals surface area contributed by atoms with E-state index in [1.807, 2.05) is 13.0 Å². The van der Waals surface area contributed by atoms with Crippen molar-refractivity contribution in [2.45, 2.75) is 13.3 Å². The van der Waals surface area contributed by atoms with E-state index in [1.54, 1.807) is 0 Å². The first-order valence-electron chi connectivity index (χ1n) is 6.79. The van der Waals surface area contributed by atoms with Crippen LogP contribution in [-0.2, 0) is 11.2 Å². The highest BCUT2D eigenvalue weighted by Crippen LogP contribution is 2.36. The normalized spacial score (nSPS) is 12.6. The highest BCUT2D eigenvalue weighted by Gasteiger charge is 2.18. The summed E-state index contributed by atoms with van der Waals surface area (Å²) < 4.78 is 4.50. The molecule has 0 spiro atoms. The Morgan fingerprint density at radius 2 is 1.90 bits per heavy atom. The summed E-state index contributed by atoms with van der Waals surface area (Å²) in [4.78, 5) is 11.0. The number of benzene rings is 2. The summed E-state index contributed by atoms with van der Waals surface area (Å²) in [6.45, 7) is 1.86. The molecule has 0 heterocycles. The molecule has 4 heteroatoms. The van der Waals surface area contributed by atoms with Gasteiger partial charge in [0, 0.05) is 0 Å². The Balaban J connectivity index is 1.89. The van der Waals surface area contributed by atoms with Crippen molar-refractivity contribution in [3.05, 3.63) is 59.2 Å². The third kappa shape index (κ3) is 2.52. The lowest BCUT2D eigenvalue weighted by atomic mass is 10.0. The van der Waals surface area contributed by atoms with Gasteiger partial charge in [0.15, 0.2) is 0 Å². The van der Waals surface area contributed by atoms with Crippen LogP contribution in [0.5, 0.6) is 0 Å². The Hall–Kier alpha value is -2.62. The van der Waals surface area contributed by atoms with Crippen molar-refractivity contribution in [1.82, 2.24) is 5.43 Å². The van der Waals surface area contributed by atoms with Crippen LogP contribution in [-0.4, -0.2) is 18.9 Å². The van der Waals surface area contributed by atoms with Crippen LogP contribution in [0.3, 0.4) is 0 Å². The summed E-state index contributed by atoms with van der Waals surface area (Å²) in [6.07, 6.45) is 0.375. The van der Waals surface area contributed by atoms with Crippen LogP contribution in [0.2, 0.25) is 0 Å². The lowest BCUT2D eigenvalue weighted by Crippen LogP contribution is -2.18. The molecule has 0 bridgehead atoms. The van der Waals surface area contributed by atoms with Crippen LogP contribution in [0.4, 0.5) is 4.79 Å². The van der Waals surface area contributed by atoms with Gasteiger partial charge < -0.3 is 4.74 Å². The SMILES string of the molecule is COC(=O)N/N=C(/C)c1ccc2c(c1)Cc1ccccc1-2. The molecule has 0 aromatic heterocycles. The highest BCUT2D eigenvalue weighted by molar-refractivity contribution is 6.00. The zero-order valence-corrected chi connectivity index (χ0v) is 12.0. The van der Waals surface area contributed by atoms with Crippen molar-refractivity contribution in [1.29, 1.82) is 0 Å². The van der Waals surface area contributed by atoms with Gasteiger partial charge in [-0.05, 0) is 47.2 Å². The van der Waals surface area contributed by atoms with Gasteiger partial charge in [0.25, 0.3) is 0 Å². The lowest BCUT2D eigenvalue weighted by Gasteiger charge is -2.05. The molecular formula is C17H16N2O2. The van der Waals surface area contributed by atoms with E-state index < -0.39 is 6.09 Å². The molecular weight excluding hydrogens is 264 g/mol. The van der Waals surface area contributed by atoms with Crippen LogP contribution in [0, 0.1) is 0 Å². The van der Waals surface area contributed by atoms with E-state index in [4.69, 9.17) is 0 Å². The number of hydrogen-bond donors (Lipinski definition) is 1. The van der Waals surface area contributed by atoms with Gasteiger partial charge in [-0.25, -0.2) is 10.2 Å². The number of amides is 1. The van der Waals surface area contributed by atoms with E-state index in [-0.39, 0.29) is 0 Å². The molecule has 2 aromatic carbocycles. The molecule has 1 aliphatic carbocycles. The van der Waals surface area contributed by atoms with E-state index in [0.717, 1.165) is 17.7 Å². The summed E-state index contributed by atoms with van der Waals surface area (Å²) in [5.41, 5.74) is 9.32. The Bertz CT molecular complexity index is 735. The van der Waals surface area contributed by atoms with Gasteiger partial charge >= 0.3 is 6.09 Å². The smallest absolute Gasteiger partial charge is 0.427 e.